The van der Waals surface area contributed by atoms with E-state index in [1.165, 1.54) is 103 Å². The Kier molecular flexibility index (Phi) is 19.4. The highest BCUT2D eigenvalue weighted by Gasteiger charge is 2.15. The lowest BCUT2D eigenvalue weighted by atomic mass is 10.0. The number of benzene rings is 1. The van der Waals surface area contributed by atoms with Gasteiger partial charge in [0, 0.05) is 6.61 Å². The Morgan fingerprint density at radius 3 is 1.82 bits per heavy atom. The fraction of sp³-hybridized carbons (Fsp3) is 0.759. The van der Waals surface area contributed by atoms with Gasteiger partial charge in [0.15, 0.2) is 11.5 Å². The van der Waals surface area contributed by atoms with Crippen LogP contribution < -0.4 is 9.47 Å². The van der Waals surface area contributed by atoms with E-state index < -0.39 is 6.10 Å². The standard InChI is InChI=1S/C29H49NO4/c1-3-4-5-6-7-8-9-10-11-12-13-14-15-16-17-18-22-33-25-27(24-31)34-28-21-19-20-26(23-30)29(28)32-2/h19-21,27,31H,3-18,22,24-25H2,1-2H3. The molecule has 0 aliphatic carbocycles. The smallest absolute Gasteiger partial charge is 0.178 e. The number of hydrogen-bond donors (Lipinski definition) is 1. The van der Waals surface area contributed by atoms with Crippen LogP contribution >= 0.6 is 0 Å². The van der Waals surface area contributed by atoms with Crippen molar-refractivity contribution in [2.75, 3.05) is 26.9 Å². The quantitative estimate of drug-likeness (QED) is 0.165. The van der Waals surface area contributed by atoms with E-state index in [9.17, 15) is 10.4 Å². The lowest BCUT2D eigenvalue weighted by Gasteiger charge is -2.19. The Labute approximate surface area is 208 Å². The number of methoxy groups -OCH3 is 1. The van der Waals surface area contributed by atoms with Crippen molar-refractivity contribution in [2.24, 2.45) is 0 Å². The highest BCUT2D eigenvalue weighted by molar-refractivity contribution is 5.52. The van der Waals surface area contributed by atoms with Gasteiger partial charge in [0.25, 0.3) is 0 Å². The van der Waals surface area contributed by atoms with Crippen molar-refractivity contribution < 1.29 is 19.3 Å². The first-order valence-electron chi connectivity index (χ1n) is 13.7. The van der Waals surface area contributed by atoms with Gasteiger partial charge in [0.1, 0.15) is 12.2 Å². The molecule has 1 atom stereocenters. The molecule has 1 N–H and O–H groups in total. The molecule has 0 radical (unpaired) electrons. The number of para-hydroxylation sites is 1. The van der Waals surface area contributed by atoms with Crippen LogP contribution in [0.1, 0.15) is 115 Å². The summed E-state index contributed by atoms with van der Waals surface area (Å²) >= 11 is 0. The third-order valence-electron chi connectivity index (χ3n) is 6.25. The predicted octanol–water partition coefficient (Wildman–Crippen LogP) is 7.58. The monoisotopic (exact) mass is 475 g/mol. The van der Waals surface area contributed by atoms with Crippen LogP contribution in [-0.2, 0) is 4.74 Å². The molecule has 5 nitrogen and oxygen atoms in total. The van der Waals surface area contributed by atoms with Crippen LogP contribution in [0.15, 0.2) is 18.2 Å². The molecular formula is C29H49NO4. The maximum atomic E-state index is 9.61. The van der Waals surface area contributed by atoms with Crippen LogP contribution in [0.2, 0.25) is 0 Å². The summed E-state index contributed by atoms with van der Waals surface area (Å²) in [6, 6.07) is 7.23. The third kappa shape index (κ3) is 14.5. The van der Waals surface area contributed by atoms with E-state index >= 15 is 0 Å². The Morgan fingerprint density at radius 1 is 0.824 bits per heavy atom. The molecule has 0 saturated heterocycles. The first-order chi connectivity index (χ1) is 16.8. The molecule has 0 saturated carbocycles. The summed E-state index contributed by atoms with van der Waals surface area (Å²) < 4.78 is 16.8. The van der Waals surface area contributed by atoms with Crippen LogP contribution in [-0.4, -0.2) is 38.1 Å². The largest absolute Gasteiger partial charge is 0.492 e. The zero-order valence-electron chi connectivity index (χ0n) is 21.9. The molecule has 0 aliphatic heterocycles. The van der Waals surface area contributed by atoms with E-state index in [1.54, 1.807) is 18.2 Å². The van der Waals surface area contributed by atoms with Crippen molar-refractivity contribution in [3.63, 3.8) is 0 Å². The van der Waals surface area contributed by atoms with E-state index in [0.29, 0.717) is 30.3 Å². The summed E-state index contributed by atoms with van der Waals surface area (Å²) in [5.41, 5.74) is 0.408. The molecule has 0 aromatic heterocycles. The van der Waals surface area contributed by atoms with Gasteiger partial charge in [-0.1, -0.05) is 109 Å². The van der Waals surface area contributed by atoms with Crippen molar-refractivity contribution in [1.82, 2.24) is 0 Å². The SMILES string of the molecule is CCCCCCCCCCCCCCCCCCOCC(CO)Oc1cccc(C#N)c1OC. The average Bonchev–Trinajstić information content (AvgIpc) is 2.86. The number of hydrogen-bond acceptors (Lipinski definition) is 5. The van der Waals surface area contributed by atoms with Gasteiger partial charge in [-0.05, 0) is 18.6 Å². The second-order valence-electron chi connectivity index (χ2n) is 9.25. The number of nitriles is 1. The first kappa shape index (κ1) is 30.3. The fourth-order valence-corrected chi connectivity index (χ4v) is 4.18. The van der Waals surface area contributed by atoms with Crippen LogP contribution in [0.25, 0.3) is 0 Å². The van der Waals surface area contributed by atoms with Crippen LogP contribution in [0.3, 0.4) is 0 Å². The summed E-state index contributed by atoms with van der Waals surface area (Å²) in [6.45, 7) is 3.11. The summed E-state index contributed by atoms with van der Waals surface area (Å²) in [6.07, 6.45) is 21.1. The van der Waals surface area contributed by atoms with Gasteiger partial charge in [0.05, 0.1) is 25.9 Å². The maximum Gasteiger partial charge on any atom is 0.178 e. The van der Waals surface area contributed by atoms with E-state index in [4.69, 9.17) is 14.2 Å². The average molecular weight is 476 g/mol. The molecule has 1 rings (SSSR count). The Morgan fingerprint density at radius 2 is 1.35 bits per heavy atom. The Bertz CT molecular complexity index is 644. The molecule has 34 heavy (non-hydrogen) atoms. The van der Waals surface area contributed by atoms with Gasteiger partial charge in [-0.3, -0.25) is 0 Å². The molecule has 0 spiro atoms. The van der Waals surface area contributed by atoms with Gasteiger partial charge in [-0.15, -0.1) is 0 Å². The second-order valence-corrected chi connectivity index (χ2v) is 9.25. The number of ether oxygens (including phenoxy) is 3. The lowest BCUT2D eigenvalue weighted by molar-refractivity contribution is 0.0177. The van der Waals surface area contributed by atoms with E-state index in [0.717, 1.165) is 6.42 Å². The fourth-order valence-electron chi connectivity index (χ4n) is 4.18. The van der Waals surface area contributed by atoms with Crippen molar-refractivity contribution in [1.29, 1.82) is 5.26 Å². The Balaban J connectivity index is 1.96. The molecule has 0 amide bonds. The van der Waals surface area contributed by atoms with Crippen LogP contribution in [0.4, 0.5) is 0 Å². The van der Waals surface area contributed by atoms with Crippen molar-refractivity contribution in [2.45, 2.75) is 116 Å². The maximum absolute atomic E-state index is 9.61. The minimum Gasteiger partial charge on any atom is -0.492 e. The summed E-state index contributed by atoms with van der Waals surface area (Å²) in [5.74, 6) is 0.841. The molecular weight excluding hydrogens is 426 g/mol. The lowest BCUT2D eigenvalue weighted by Crippen LogP contribution is -2.27. The van der Waals surface area contributed by atoms with Gasteiger partial charge >= 0.3 is 0 Å². The van der Waals surface area contributed by atoms with E-state index in [-0.39, 0.29) is 6.61 Å². The number of rotatable bonds is 23. The van der Waals surface area contributed by atoms with Crippen molar-refractivity contribution >= 4 is 0 Å². The van der Waals surface area contributed by atoms with Crippen molar-refractivity contribution in [3.05, 3.63) is 23.8 Å². The number of unbranched alkanes of at least 4 members (excludes halogenated alkanes) is 15. The molecule has 194 valence electrons. The Hall–Kier alpha value is -1.77. The first-order valence-corrected chi connectivity index (χ1v) is 13.7. The van der Waals surface area contributed by atoms with Gasteiger partial charge in [-0.2, -0.15) is 5.26 Å². The number of aliphatic hydroxyl groups is 1. The highest BCUT2D eigenvalue weighted by Crippen LogP contribution is 2.31. The van der Waals surface area contributed by atoms with E-state index in [2.05, 4.69) is 13.0 Å². The minimum atomic E-state index is -0.482. The molecule has 5 heteroatoms. The van der Waals surface area contributed by atoms with Gasteiger partial charge in [0.2, 0.25) is 0 Å². The van der Waals surface area contributed by atoms with Crippen LogP contribution in [0, 0.1) is 11.3 Å². The molecule has 0 bridgehead atoms. The van der Waals surface area contributed by atoms with Crippen LogP contribution in [0.5, 0.6) is 11.5 Å². The molecule has 1 aromatic carbocycles. The normalized spacial score (nSPS) is 11.8. The van der Waals surface area contributed by atoms with Gasteiger partial charge < -0.3 is 19.3 Å². The topological polar surface area (TPSA) is 71.7 Å². The molecule has 1 aromatic rings. The zero-order chi connectivity index (χ0) is 24.7. The van der Waals surface area contributed by atoms with E-state index in [1.807, 2.05) is 0 Å². The highest BCUT2D eigenvalue weighted by atomic mass is 16.6. The summed E-state index contributed by atoms with van der Waals surface area (Å²) in [5, 5.41) is 18.8. The zero-order valence-corrected chi connectivity index (χ0v) is 21.9. The van der Waals surface area contributed by atoms with Gasteiger partial charge in [-0.25, -0.2) is 0 Å². The predicted molar refractivity (Wildman–Crippen MR) is 140 cm³/mol. The van der Waals surface area contributed by atoms with Crippen molar-refractivity contribution in [3.8, 4) is 17.6 Å². The minimum absolute atomic E-state index is 0.154. The third-order valence-corrected chi connectivity index (χ3v) is 6.25. The number of aliphatic hydroxyl groups excluding tert-OH is 1. The second kappa shape index (κ2) is 21.7. The summed E-state index contributed by atoms with van der Waals surface area (Å²) in [7, 11) is 1.50. The molecule has 0 aliphatic rings. The molecule has 0 fully saturated rings. The summed E-state index contributed by atoms with van der Waals surface area (Å²) in [4.78, 5) is 0. The molecule has 0 heterocycles. The number of nitrogens with zero attached hydrogens (tertiary/aromatic N) is 1. The molecule has 1 unspecified atom stereocenters.